The molecule has 2 aliphatic rings. The van der Waals surface area contributed by atoms with Gasteiger partial charge in [-0.05, 0) is 39.0 Å². The van der Waals surface area contributed by atoms with Gasteiger partial charge >= 0.3 is 0 Å². The molecule has 2 saturated carbocycles. The molecule has 3 rings (SSSR count). The Balaban J connectivity index is 1.46. The van der Waals surface area contributed by atoms with E-state index in [9.17, 15) is 4.79 Å². The van der Waals surface area contributed by atoms with Crippen LogP contribution in [0, 0.1) is 12.8 Å². The lowest BCUT2D eigenvalue weighted by Crippen LogP contribution is -2.47. The summed E-state index contributed by atoms with van der Waals surface area (Å²) < 4.78 is 0. The molecule has 24 heavy (non-hydrogen) atoms. The number of thiazole rings is 1. The van der Waals surface area contributed by atoms with Gasteiger partial charge in [0.15, 0.2) is 5.96 Å². The Labute approximate surface area is 147 Å². The second-order valence-corrected chi connectivity index (χ2v) is 8.10. The topological polar surface area (TPSA) is 78.4 Å². The average molecular weight is 350 g/mol. The smallest absolute Gasteiger partial charge is 0.223 e. The minimum Gasteiger partial charge on any atom is -0.354 e. The monoisotopic (exact) mass is 349 g/mol. The number of hydrogen-bond acceptors (Lipinski definition) is 4. The Morgan fingerprint density at radius 1 is 1.29 bits per heavy atom. The van der Waals surface area contributed by atoms with E-state index in [0.29, 0.717) is 18.6 Å². The number of hydrogen-bond donors (Lipinski definition) is 3. The maximum Gasteiger partial charge on any atom is 0.223 e. The quantitative estimate of drug-likeness (QED) is 0.561. The molecular formula is C17H27N5OS. The van der Waals surface area contributed by atoms with E-state index in [2.05, 4.69) is 32.9 Å². The highest BCUT2D eigenvalue weighted by molar-refractivity contribution is 7.11. The third kappa shape index (κ3) is 4.93. The van der Waals surface area contributed by atoms with Gasteiger partial charge in [0.05, 0.1) is 6.54 Å². The molecule has 0 radical (unpaired) electrons. The molecule has 0 aliphatic heterocycles. The van der Waals surface area contributed by atoms with Crippen molar-refractivity contribution in [1.29, 1.82) is 0 Å². The van der Waals surface area contributed by atoms with Crippen LogP contribution in [0.15, 0.2) is 11.2 Å². The summed E-state index contributed by atoms with van der Waals surface area (Å²) in [5.74, 6) is 1.16. The number of carbonyl (C=O) groups excluding carboxylic acids is 1. The summed E-state index contributed by atoms with van der Waals surface area (Å²) in [5, 5.41) is 11.0. The fourth-order valence-corrected chi connectivity index (χ4v) is 3.86. The van der Waals surface area contributed by atoms with Gasteiger partial charge in [0, 0.05) is 36.1 Å². The molecule has 1 aromatic heterocycles. The molecule has 2 atom stereocenters. The lowest BCUT2D eigenvalue weighted by Gasteiger charge is -2.30. The number of guanidine groups is 1. The van der Waals surface area contributed by atoms with Crippen LogP contribution in [0.2, 0.25) is 0 Å². The fourth-order valence-electron chi connectivity index (χ4n) is 3.14. The molecule has 132 valence electrons. The molecule has 6 nitrogen and oxygen atoms in total. The number of aryl methyl sites for hydroxylation is 1. The van der Waals surface area contributed by atoms with Crippen molar-refractivity contribution < 1.29 is 4.79 Å². The van der Waals surface area contributed by atoms with Gasteiger partial charge in [-0.1, -0.05) is 6.42 Å². The molecular weight excluding hydrogens is 322 g/mol. The number of aromatic nitrogens is 1. The molecule has 7 heteroatoms. The van der Waals surface area contributed by atoms with Crippen LogP contribution < -0.4 is 16.0 Å². The van der Waals surface area contributed by atoms with Gasteiger partial charge in [-0.3, -0.25) is 9.79 Å². The van der Waals surface area contributed by atoms with Crippen LogP contribution in [0.5, 0.6) is 0 Å². The Kier molecular flexibility index (Phi) is 5.71. The predicted molar refractivity (Wildman–Crippen MR) is 97.1 cm³/mol. The zero-order valence-electron chi connectivity index (χ0n) is 14.5. The minimum absolute atomic E-state index is 0.136. The normalized spacial score (nSPS) is 24.5. The molecule has 2 aliphatic carbocycles. The molecule has 1 heterocycles. The first-order valence-corrected chi connectivity index (χ1v) is 9.64. The van der Waals surface area contributed by atoms with E-state index in [1.807, 2.05) is 6.20 Å². The van der Waals surface area contributed by atoms with Crippen molar-refractivity contribution in [2.45, 2.75) is 64.1 Å². The lowest BCUT2D eigenvalue weighted by atomic mass is 9.85. The van der Waals surface area contributed by atoms with Crippen LogP contribution in [0.3, 0.4) is 0 Å². The molecule has 2 fully saturated rings. The summed E-state index contributed by atoms with van der Waals surface area (Å²) in [6.07, 6.45) is 8.24. The van der Waals surface area contributed by atoms with E-state index in [1.54, 1.807) is 18.4 Å². The highest BCUT2D eigenvalue weighted by Crippen LogP contribution is 2.26. The molecule has 0 saturated heterocycles. The molecule has 0 aromatic carbocycles. The van der Waals surface area contributed by atoms with Gasteiger partial charge in [-0.2, -0.15) is 0 Å². The highest BCUT2D eigenvalue weighted by Gasteiger charge is 2.31. The first kappa shape index (κ1) is 17.2. The maximum atomic E-state index is 12.3. The van der Waals surface area contributed by atoms with Gasteiger partial charge in [0.1, 0.15) is 5.01 Å². The van der Waals surface area contributed by atoms with Crippen LogP contribution in [-0.4, -0.2) is 36.0 Å². The largest absolute Gasteiger partial charge is 0.354 e. The first-order chi connectivity index (χ1) is 11.6. The van der Waals surface area contributed by atoms with Gasteiger partial charge in [0.25, 0.3) is 0 Å². The van der Waals surface area contributed by atoms with Crippen molar-refractivity contribution >= 4 is 23.2 Å². The zero-order valence-corrected chi connectivity index (χ0v) is 15.3. The van der Waals surface area contributed by atoms with Crippen LogP contribution in [0.1, 0.15) is 48.4 Å². The van der Waals surface area contributed by atoms with Crippen molar-refractivity contribution in [2.75, 3.05) is 7.05 Å². The Bertz CT molecular complexity index is 596. The third-order valence-electron chi connectivity index (χ3n) is 4.61. The summed E-state index contributed by atoms with van der Waals surface area (Å²) in [5.41, 5.74) is 0. The molecule has 2 unspecified atom stereocenters. The number of nitrogens with zero attached hydrogens (tertiary/aromatic N) is 2. The van der Waals surface area contributed by atoms with Gasteiger partial charge in [-0.15, -0.1) is 11.3 Å². The van der Waals surface area contributed by atoms with Crippen molar-refractivity contribution in [2.24, 2.45) is 10.9 Å². The van der Waals surface area contributed by atoms with Crippen LogP contribution >= 0.6 is 11.3 Å². The number of amides is 1. The van der Waals surface area contributed by atoms with Gasteiger partial charge < -0.3 is 16.0 Å². The fraction of sp³-hybridized carbons (Fsp3) is 0.706. The number of carbonyl (C=O) groups is 1. The third-order valence-corrected chi connectivity index (χ3v) is 5.52. The van der Waals surface area contributed by atoms with Crippen molar-refractivity contribution in [3.05, 3.63) is 16.1 Å². The second-order valence-electron chi connectivity index (χ2n) is 6.78. The lowest BCUT2D eigenvalue weighted by molar-refractivity contribution is -0.126. The molecule has 0 spiro atoms. The first-order valence-electron chi connectivity index (χ1n) is 8.83. The van der Waals surface area contributed by atoms with E-state index in [1.165, 1.54) is 4.88 Å². The Morgan fingerprint density at radius 2 is 2.12 bits per heavy atom. The Morgan fingerprint density at radius 3 is 2.79 bits per heavy atom. The van der Waals surface area contributed by atoms with E-state index in [0.717, 1.165) is 49.5 Å². The van der Waals surface area contributed by atoms with Crippen molar-refractivity contribution in [1.82, 2.24) is 20.9 Å². The van der Waals surface area contributed by atoms with E-state index in [-0.39, 0.29) is 11.8 Å². The average Bonchev–Trinajstić information content (AvgIpc) is 3.30. The van der Waals surface area contributed by atoms with E-state index in [4.69, 9.17) is 0 Å². The minimum atomic E-state index is 0.136. The van der Waals surface area contributed by atoms with Gasteiger partial charge in [-0.25, -0.2) is 4.98 Å². The van der Waals surface area contributed by atoms with E-state index < -0.39 is 0 Å². The highest BCUT2D eigenvalue weighted by atomic mass is 32.1. The standard InChI is InChI=1S/C17H27N5OS/c1-11-9-19-15(24-11)10-20-17(18-2)22-14-5-3-4-12(8-14)16(23)21-13-6-7-13/h9,12-14H,3-8,10H2,1-2H3,(H,21,23)(H2,18,20,22). The maximum absolute atomic E-state index is 12.3. The molecule has 1 aromatic rings. The predicted octanol–water partition coefficient (Wildman–Crippen LogP) is 1.95. The van der Waals surface area contributed by atoms with Crippen LogP contribution in [0.4, 0.5) is 0 Å². The second kappa shape index (κ2) is 7.96. The summed E-state index contributed by atoms with van der Waals surface area (Å²) >= 11 is 1.69. The summed E-state index contributed by atoms with van der Waals surface area (Å²) in [6, 6.07) is 0.750. The van der Waals surface area contributed by atoms with Gasteiger partial charge in [0.2, 0.25) is 5.91 Å². The molecule has 3 N–H and O–H groups in total. The number of rotatable bonds is 5. The summed E-state index contributed by atoms with van der Waals surface area (Å²) in [4.78, 5) is 22.1. The molecule has 1 amide bonds. The zero-order chi connectivity index (χ0) is 16.9. The van der Waals surface area contributed by atoms with Crippen molar-refractivity contribution in [3.8, 4) is 0 Å². The molecule has 0 bridgehead atoms. The number of aliphatic imine (C=N–C) groups is 1. The van der Waals surface area contributed by atoms with E-state index >= 15 is 0 Å². The SMILES string of the molecule is CN=C(NCc1ncc(C)s1)NC1CCCC(C(=O)NC2CC2)C1. The Hall–Kier alpha value is -1.63. The summed E-state index contributed by atoms with van der Waals surface area (Å²) in [6.45, 7) is 2.74. The van der Waals surface area contributed by atoms with Crippen molar-refractivity contribution in [3.63, 3.8) is 0 Å². The van der Waals surface area contributed by atoms with Crippen LogP contribution in [0.25, 0.3) is 0 Å². The summed E-state index contributed by atoms with van der Waals surface area (Å²) in [7, 11) is 1.78. The van der Waals surface area contributed by atoms with Crippen LogP contribution in [-0.2, 0) is 11.3 Å². The number of nitrogens with one attached hydrogen (secondary N) is 3.